The fourth-order valence-electron chi connectivity index (χ4n) is 7.44. The summed E-state index contributed by atoms with van der Waals surface area (Å²) in [6.45, 7) is 5.66. The van der Waals surface area contributed by atoms with Gasteiger partial charge in [-0.1, -0.05) is 12.1 Å². The Kier molecular flexibility index (Phi) is 6.01. The van der Waals surface area contributed by atoms with Gasteiger partial charge in [-0.05, 0) is 75.5 Å². The average Bonchev–Trinajstić information content (AvgIpc) is 3.53. The van der Waals surface area contributed by atoms with E-state index in [9.17, 15) is 24.5 Å². The molecule has 0 N–H and O–H groups in total. The molecule has 1 aromatic carbocycles. The van der Waals surface area contributed by atoms with E-state index in [1.807, 2.05) is 6.92 Å². The molecular formula is C27H32N2O7. The zero-order valence-corrected chi connectivity index (χ0v) is 21.0. The van der Waals surface area contributed by atoms with Crippen LogP contribution in [0.3, 0.4) is 0 Å². The van der Waals surface area contributed by atoms with Gasteiger partial charge in [-0.3, -0.25) is 29.4 Å². The number of carbonyl (C=O) groups excluding carboxylic acids is 3. The second kappa shape index (κ2) is 8.80. The lowest BCUT2D eigenvalue weighted by atomic mass is 9.75. The number of fused-ring (bicyclic) bond motifs is 2. The quantitative estimate of drug-likeness (QED) is 0.240. The summed E-state index contributed by atoms with van der Waals surface area (Å²) in [4.78, 5) is 53.9. The van der Waals surface area contributed by atoms with E-state index in [-0.39, 0.29) is 55.5 Å². The fourth-order valence-corrected chi connectivity index (χ4v) is 7.44. The molecule has 5 rings (SSSR count). The first-order chi connectivity index (χ1) is 17.2. The second-order valence-electron chi connectivity index (χ2n) is 10.4. The van der Waals surface area contributed by atoms with Crippen LogP contribution in [0.4, 0.5) is 5.69 Å². The molecule has 2 heterocycles. The molecule has 2 fully saturated rings. The summed E-state index contributed by atoms with van der Waals surface area (Å²) in [7, 11) is 0. The third kappa shape index (κ3) is 3.28. The first-order valence-corrected chi connectivity index (χ1v) is 12.8. The number of hydrogen-bond acceptors (Lipinski definition) is 8. The van der Waals surface area contributed by atoms with Crippen molar-refractivity contribution in [1.29, 1.82) is 0 Å². The molecule has 0 radical (unpaired) electrons. The molecule has 192 valence electrons. The van der Waals surface area contributed by atoms with E-state index in [0.29, 0.717) is 6.42 Å². The zero-order valence-electron chi connectivity index (χ0n) is 21.0. The van der Waals surface area contributed by atoms with Crippen molar-refractivity contribution < 1.29 is 28.8 Å². The lowest BCUT2D eigenvalue weighted by Gasteiger charge is -2.48. The molecule has 0 unspecified atom stereocenters. The predicted molar refractivity (Wildman–Crippen MR) is 129 cm³/mol. The molecule has 1 spiro atoms. The van der Waals surface area contributed by atoms with Gasteiger partial charge in [-0.15, -0.1) is 0 Å². The topological polar surface area (TPSA) is 116 Å². The van der Waals surface area contributed by atoms with Crippen LogP contribution in [0.15, 0.2) is 35.4 Å². The molecule has 9 nitrogen and oxygen atoms in total. The van der Waals surface area contributed by atoms with Crippen LogP contribution in [0.25, 0.3) is 0 Å². The van der Waals surface area contributed by atoms with Crippen LogP contribution < -0.4 is 0 Å². The standard InChI is InChI=1S/C27H32N2O7/c1-4-35-24(31)26(25(32)36-5-2)14-18-13-22-20-7-6-8-21(20)23(30)27(18,15-26)28(22)16(3)17-9-11-19(12-10-17)29(33)34/h9-12,16,18,22H,4-8,13-15H2,1-3H3/t16-,18+,22+,27-/m1/s1. The minimum absolute atomic E-state index is 0.00461. The Morgan fingerprint density at radius 2 is 1.78 bits per heavy atom. The van der Waals surface area contributed by atoms with Crippen molar-refractivity contribution in [2.75, 3.05) is 13.2 Å². The van der Waals surface area contributed by atoms with Gasteiger partial charge in [0.25, 0.3) is 5.69 Å². The highest BCUT2D eigenvalue weighted by Crippen LogP contribution is 2.65. The summed E-state index contributed by atoms with van der Waals surface area (Å²) >= 11 is 0. The van der Waals surface area contributed by atoms with Crippen molar-refractivity contribution in [3.05, 3.63) is 51.1 Å². The highest BCUT2D eigenvalue weighted by Gasteiger charge is 2.74. The van der Waals surface area contributed by atoms with E-state index in [1.54, 1.807) is 26.0 Å². The normalized spacial score (nSPS) is 29.0. The van der Waals surface area contributed by atoms with Crippen molar-refractivity contribution in [2.24, 2.45) is 11.3 Å². The molecule has 4 atom stereocenters. The van der Waals surface area contributed by atoms with Gasteiger partial charge in [0, 0.05) is 30.6 Å². The highest BCUT2D eigenvalue weighted by atomic mass is 16.6. The van der Waals surface area contributed by atoms with E-state index >= 15 is 0 Å². The maximum absolute atomic E-state index is 14.3. The number of non-ortho nitro benzene ring substituents is 1. The van der Waals surface area contributed by atoms with Crippen molar-refractivity contribution in [1.82, 2.24) is 4.90 Å². The van der Waals surface area contributed by atoms with E-state index in [4.69, 9.17) is 9.47 Å². The van der Waals surface area contributed by atoms with Crippen LogP contribution in [0, 0.1) is 21.4 Å². The molecule has 2 bridgehead atoms. The Balaban J connectivity index is 1.62. The van der Waals surface area contributed by atoms with Crippen LogP contribution in [0.5, 0.6) is 0 Å². The van der Waals surface area contributed by atoms with Crippen LogP contribution in [-0.2, 0) is 23.9 Å². The van der Waals surface area contributed by atoms with Crippen molar-refractivity contribution >= 4 is 23.4 Å². The summed E-state index contributed by atoms with van der Waals surface area (Å²) in [6, 6.07) is 6.21. The second-order valence-corrected chi connectivity index (χ2v) is 10.4. The number of carbonyl (C=O) groups is 3. The molecule has 2 aliphatic heterocycles. The number of nitro benzene ring substituents is 1. The number of hydrogen-bond donors (Lipinski definition) is 0. The SMILES string of the molecule is CCOC(=O)C1(C(=O)OCC)C[C@@H]2C[C@H]3C4=C(CCC4)C(=O)[C@]2(C1)N3[C@H](C)c1ccc([N+](=O)[O-])cc1. The van der Waals surface area contributed by atoms with Gasteiger partial charge in [0.05, 0.1) is 23.7 Å². The molecule has 1 aromatic rings. The minimum Gasteiger partial charge on any atom is -0.465 e. The molecule has 36 heavy (non-hydrogen) atoms. The van der Waals surface area contributed by atoms with Crippen LogP contribution in [0.1, 0.15) is 70.9 Å². The van der Waals surface area contributed by atoms with Gasteiger partial charge in [0.2, 0.25) is 0 Å². The average molecular weight is 497 g/mol. The van der Waals surface area contributed by atoms with Crippen LogP contribution in [-0.4, -0.2) is 52.3 Å². The molecular weight excluding hydrogens is 464 g/mol. The largest absolute Gasteiger partial charge is 0.465 e. The minimum atomic E-state index is -1.53. The summed E-state index contributed by atoms with van der Waals surface area (Å²) < 4.78 is 10.8. The Morgan fingerprint density at radius 3 is 2.36 bits per heavy atom. The van der Waals surface area contributed by atoms with Crippen molar-refractivity contribution in [2.45, 2.75) is 76.9 Å². The Labute approximate surface area is 210 Å². The van der Waals surface area contributed by atoms with Crippen LogP contribution in [0.2, 0.25) is 0 Å². The predicted octanol–water partition coefficient (Wildman–Crippen LogP) is 4.05. The molecule has 0 amide bonds. The van der Waals surface area contributed by atoms with E-state index in [2.05, 4.69) is 4.90 Å². The van der Waals surface area contributed by atoms with Crippen LogP contribution >= 0.6 is 0 Å². The number of ketones is 1. The third-order valence-corrected chi connectivity index (χ3v) is 8.81. The Morgan fingerprint density at radius 1 is 1.14 bits per heavy atom. The molecule has 1 saturated carbocycles. The summed E-state index contributed by atoms with van der Waals surface area (Å²) in [6.07, 6.45) is 3.46. The van der Waals surface area contributed by atoms with Gasteiger partial charge in [-0.25, -0.2) is 0 Å². The summed E-state index contributed by atoms with van der Waals surface area (Å²) in [5.74, 6) is -1.41. The highest BCUT2D eigenvalue weighted by molar-refractivity contribution is 6.09. The maximum Gasteiger partial charge on any atom is 0.323 e. The first kappa shape index (κ1) is 24.6. The van der Waals surface area contributed by atoms with Crippen molar-refractivity contribution in [3.8, 4) is 0 Å². The lowest BCUT2D eigenvalue weighted by Crippen LogP contribution is -2.59. The van der Waals surface area contributed by atoms with E-state index in [0.717, 1.165) is 30.4 Å². The van der Waals surface area contributed by atoms with Gasteiger partial charge >= 0.3 is 11.9 Å². The Hall–Kier alpha value is -3.07. The number of nitrogens with zero attached hydrogens (tertiary/aromatic N) is 2. The lowest BCUT2D eigenvalue weighted by molar-refractivity contribution is -0.384. The molecule has 4 aliphatic rings. The van der Waals surface area contributed by atoms with Gasteiger partial charge in [0.15, 0.2) is 11.2 Å². The smallest absolute Gasteiger partial charge is 0.323 e. The number of rotatable bonds is 7. The molecule has 1 saturated heterocycles. The van der Waals surface area contributed by atoms with Gasteiger partial charge in [-0.2, -0.15) is 0 Å². The van der Waals surface area contributed by atoms with Gasteiger partial charge < -0.3 is 9.47 Å². The molecule has 2 aliphatic carbocycles. The molecule has 0 aromatic heterocycles. The van der Waals surface area contributed by atoms with Crippen molar-refractivity contribution in [3.63, 3.8) is 0 Å². The molecule has 9 heteroatoms. The number of ether oxygens (including phenoxy) is 2. The van der Waals surface area contributed by atoms with E-state index < -0.39 is 27.8 Å². The number of benzene rings is 1. The number of nitro groups is 1. The summed E-state index contributed by atoms with van der Waals surface area (Å²) in [5.41, 5.74) is 0.371. The van der Waals surface area contributed by atoms with Gasteiger partial charge in [0.1, 0.15) is 0 Å². The zero-order chi connectivity index (χ0) is 25.8. The third-order valence-electron chi connectivity index (χ3n) is 8.81. The first-order valence-electron chi connectivity index (χ1n) is 12.8. The summed E-state index contributed by atoms with van der Waals surface area (Å²) in [5, 5.41) is 11.2. The fraction of sp³-hybridized carbons (Fsp3) is 0.593. The van der Waals surface area contributed by atoms with E-state index in [1.165, 1.54) is 17.7 Å². The number of esters is 2. The Bertz CT molecular complexity index is 1140. The number of Topliss-reactive ketones (excluding diaryl/α,β-unsaturated/α-hetero) is 1. The maximum atomic E-state index is 14.3. The monoisotopic (exact) mass is 496 g/mol.